The van der Waals surface area contributed by atoms with Crippen LogP contribution < -0.4 is 5.32 Å². The second-order valence-corrected chi connectivity index (χ2v) is 5.67. The maximum absolute atomic E-state index is 11.9. The number of fused-ring (bicyclic) bond motifs is 1. The lowest BCUT2D eigenvalue weighted by Crippen LogP contribution is -2.08. The fraction of sp³-hybridized carbons (Fsp3) is 0.188. The Morgan fingerprint density at radius 1 is 1.11 bits per heavy atom. The van der Waals surface area contributed by atoms with Gasteiger partial charge in [-0.1, -0.05) is 36.4 Å². The van der Waals surface area contributed by atoms with Gasteiger partial charge in [-0.3, -0.25) is 4.79 Å². The van der Waals surface area contributed by atoms with Crippen LogP contribution in [0, 0.1) is 6.92 Å². The van der Waals surface area contributed by atoms with Crippen molar-refractivity contribution < 1.29 is 4.79 Å². The van der Waals surface area contributed by atoms with Gasteiger partial charge in [0.25, 0.3) is 0 Å². The van der Waals surface area contributed by atoms with Gasteiger partial charge in [-0.2, -0.15) is 0 Å². The summed E-state index contributed by atoms with van der Waals surface area (Å²) in [6, 6.07) is 14.5. The second kappa shape index (κ2) is 4.74. The van der Waals surface area contributed by atoms with E-state index in [-0.39, 0.29) is 11.2 Å². The molecule has 0 aliphatic carbocycles. The van der Waals surface area contributed by atoms with Crippen molar-refractivity contribution in [3.8, 4) is 11.1 Å². The summed E-state index contributed by atoms with van der Waals surface area (Å²) in [7, 11) is 0. The van der Waals surface area contributed by atoms with Gasteiger partial charge in [0.05, 0.1) is 0 Å². The van der Waals surface area contributed by atoms with E-state index in [1.807, 2.05) is 24.5 Å². The molecule has 96 valence electrons. The number of anilines is 1. The Balaban J connectivity index is 2.12. The van der Waals surface area contributed by atoms with Gasteiger partial charge in [0.2, 0.25) is 5.91 Å². The van der Waals surface area contributed by atoms with Gasteiger partial charge >= 0.3 is 0 Å². The van der Waals surface area contributed by atoms with Crippen molar-refractivity contribution in [1.82, 2.24) is 0 Å². The van der Waals surface area contributed by atoms with Gasteiger partial charge in [0.15, 0.2) is 0 Å². The molecule has 0 aromatic heterocycles. The van der Waals surface area contributed by atoms with Gasteiger partial charge in [0, 0.05) is 11.3 Å². The molecular formula is C16H15NOS. The monoisotopic (exact) mass is 269 g/mol. The molecule has 0 fully saturated rings. The molecule has 0 bridgehead atoms. The summed E-state index contributed by atoms with van der Waals surface area (Å²) in [4.78, 5) is 11.9. The molecule has 3 rings (SSSR count). The van der Waals surface area contributed by atoms with Gasteiger partial charge in [-0.25, -0.2) is 0 Å². The molecule has 0 saturated carbocycles. The maximum Gasteiger partial charge on any atom is 0.242 e. The third-order valence-electron chi connectivity index (χ3n) is 3.49. The highest BCUT2D eigenvalue weighted by Crippen LogP contribution is 2.42. The molecule has 1 N–H and O–H groups in total. The average Bonchev–Trinajstić information content (AvgIpc) is 2.75. The number of carbonyl (C=O) groups is 1. The first-order valence-electron chi connectivity index (χ1n) is 6.24. The highest BCUT2D eigenvalue weighted by molar-refractivity contribution is 7.99. The third kappa shape index (κ3) is 2.04. The van der Waals surface area contributed by atoms with Crippen LogP contribution in [0.15, 0.2) is 42.5 Å². The molecular weight excluding hydrogens is 254 g/mol. The van der Waals surface area contributed by atoms with Crippen LogP contribution in [-0.2, 0) is 4.79 Å². The van der Waals surface area contributed by atoms with E-state index in [4.69, 9.17) is 0 Å². The molecule has 0 spiro atoms. The lowest BCUT2D eigenvalue weighted by atomic mass is 9.98. The van der Waals surface area contributed by atoms with E-state index in [1.165, 1.54) is 11.1 Å². The number of amides is 1. The van der Waals surface area contributed by atoms with Crippen LogP contribution in [0.4, 0.5) is 5.69 Å². The van der Waals surface area contributed by atoms with E-state index < -0.39 is 0 Å². The Kier molecular flexibility index (Phi) is 3.07. The minimum Gasteiger partial charge on any atom is -0.324 e. The Morgan fingerprint density at radius 2 is 1.84 bits per heavy atom. The molecule has 0 saturated heterocycles. The number of nitrogens with one attached hydrogen (secondary N) is 1. The first kappa shape index (κ1) is 12.3. The van der Waals surface area contributed by atoms with E-state index in [0.29, 0.717) is 0 Å². The van der Waals surface area contributed by atoms with Crippen LogP contribution in [-0.4, -0.2) is 12.2 Å². The molecule has 2 aromatic rings. The molecule has 2 nitrogen and oxygen atoms in total. The zero-order chi connectivity index (χ0) is 13.4. The smallest absolute Gasteiger partial charge is 0.242 e. The first-order valence-corrected chi connectivity index (χ1v) is 7.53. The fourth-order valence-corrected chi connectivity index (χ4v) is 3.42. The van der Waals surface area contributed by atoms with Gasteiger partial charge < -0.3 is 5.32 Å². The Labute approximate surface area is 117 Å². The van der Waals surface area contributed by atoms with E-state index in [2.05, 4.69) is 36.5 Å². The van der Waals surface area contributed by atoms with Crippen LogP contribution >= 0.6 is 11.8 Å². The summed E-state index contributed by atoms with van der Waals surface area (Å²) < 4.78 is 0. The predicted molar refractivity (Wildman–Crippen MR) is 81.5 cm³/mol. The first-order chi connectivity index (χ1) is 9.20. The molecule has 1 aliphatic rings. The summed E-state index contributed by atoms with van der Waals surface area (Å²) in [5, 5.41) is 2.92. The number of rotatable bonds is 2. The lowest BCUT2D eigenvalue weighted by Gasteiger charge is -2.11. The van der Waals surface area contributed by atoms with Crippen molar-refractivity contribution in [2.75, 3.05) is 11.6 Å². The molecule has 2 aromatic carbocycles. The van der Waals surface area contributed by atoms with Gasteiger partial charge in [-0.15, -0.1) is 11.8 Å². The molecule has 19 heavy (non-hydrogen) atoms. The van der Waals surface area contributed by atoms with Crippen molar-refractivity contribution in [3.05, 3.63) is 53.6 Å². The minimum atomic E-state index is -0.0696. The Bertz CT molecular complexity index is 637. The maximum atomic E-state index is 11.9. The topological polar surface area (TPSA) is 29.1 Å². The lowest BCUT2D eigenvalue weighted by molar-refractivity contribution is -0.115. The Morgan fingerprint density at radius 3 is 2.53 bits per heavy atom. The molecule has 0 radical (unpaired) electrons. The van der Waals surface area contributed by atoms with Crippen molar-refractivity contribution in [3.63, 3.8) is 0 Å². The summed E-state index contributed by atoms with van der Waals surface area (Å²) in [5.41, 5.74) is 5.60. The normalized spacial score (nSPS) is 17.2. The molecule has 1 aliphatic heterocycles. The molecule has 1 unspecified atom stereocenters. The fourth-order valence-electron chi connectivity index (χ4n) is 2.60. The molecule has 1 amide bonds. The van der Waals surface area contributed by atoms with Crippen LogP contribution in [0.3, 0.4) is 0 Å². The summed E-state index contributed by atoms with van der Waals surface area (Å²) in [6.07, 6.45) is 1.98. The second-order valence-electron chi connectivity index (χ2n) is 4.73. The highest BCUT2D eigenvalue weighted by atomic mass is 32.2. The molecule has 1 heterocycles. The van der Waals surface area contributed by atoms with Crippen molar-refractivity contribution in [1.29, 1.82) is 0 Å². The van der Waals surface area contributed by atoms with Crippen LogP contribution in [0.5, 0.6) is 0 Å². The zero-order valence-corrected chi connectivity index (χ0v) is 11.8. The largest absolute Gasteiger partial charge is 0.324 e. The van der Waals surface area contributed by atoms with E-state index in [0.717, 1.165) is 16.8 Å². The quantitative estimate of drug-likeness (QED) is 0.892. The minimum absolute atomic E-state index is 0.0696. The van der Waals surface area contributed by atoms with E-state index in [1.54, 1.807) is 11.8 Å². The number of hydrogen-bond acceptors (Lipinski definition) is 2. The standard InChI is InChI=1S/C16H15NOS/c1-10-8-12(11-6-4-3-5-7-11)9-13-14(10)15(19-2)16(18)17-13/h3-9,15H,1-2H3,(H,17,18). The average molecular weight is 269 g/mol. The van der Waals surface area contributed by atoms with Gasteiger partial charge in [-0.05, 0) is 35.9 Å². The summed E-state index contributed by atoms with van der Waals surface area (Å²) in [5.74, 6) is 0.0933. The Hall–Kier alpha value is -1.74. The van der Waals surface area contributed by atoms with Crippen LogP contribution in [0.1, 0.15) is 16.4 Å². The third-order valence-corrected chi connectivity index (χ3v) is 4.41. The predicted octanol–water partition coefficient (Wildman–Crippen LogP) is 4.02. The van der Waals surface area contributed by atoms with Crippen molar-refractivity contribution in [2.45, 2.75) is 12.2 Å². The highest BCUT2D eigenvalue weighted by Gasteiger charge is 2.31. The van der Waals surface area contributed by atoms with Crippen molar-refractivity contribution in [2.24, 2.45) is 0 Å². The number of thioether (sulfide) groups is 1. The van der Waals surface area contributed by atoms with E-state index >= 15 is 0 Å². The van der Waals surface area contributed by atoms with Crippen LogP contribution in [0.2, 0.25) is 0 Å². The van der Waals surface area contributed by atoms with E-state index in [9.17, 15) is 4.79 Å². The zero-order valence-electron chi connectivity index (χ0n) is 10.9. The number of benzene rings is 2. The molecule has 1 atom stereocenters. The van der Waals surface area contributed by atoms with Crippen LogP contribution in [0.25, 0.3) is 11.1 Å². The molecule has 3 heteroatoms. The number of aryl methyl sites for hydroxylation is 1. The number of hydrogen-bond donors (Lipinski definition) is 1. The number of carbonyl (C=O) groups excluding carboxylic acids is 1. The summed E-state index contributed by atoms with van der Waals surface area (Å²) >= 11 is 1.59. The SMILES string of the molecule is CSC1C(=O)Nc2cc(-c3ccccc3)cc(C)c21. The van der Waals surface area contributed by atoms with Crippen molar-refractivity contribution >= 4 is 23.4 Å². The van der Waals surface area contributed by atoms with Gasteiger partial charge in [0.1, 0.15) is 5.25 Å². The summed E-state index contributed by atoms with van der Waals surface area (Å²) in [6.45, 7) is 2.08.